The summed E-state index contributed by atoms with van der Waals surface area (Å²) in [5, 5.41) is 2.69. The molecule has 6 nitrogen and oxygen atoms in total. The van der Waals surface area contributed by atoms with E-state index in [0.717, 1.165) is 24.2 Å². The highest BCUT2D eigenvalue weighted by atomic mass is 32.2. The summed E-state index contributed by atoms with van der Waals surface area (Å²) in [4.78, 5) is 25.4. The zero-order valence-corrected chi connectivity index (χ0v) is 18.4. The molecule has 1 amide bonds. The third-order valence-corrected chi connectivity index (χ3v) is 7.39. The fourth-order valence-corrected chi connectivity index (χ4v) is 5.48. The number of methoxy groups -OCH3 is 1. The van der Waals surface area contributed by atoms with Gasteiger partial charge in [-0.1, -0.05) is 42.5 Å². The van der Waals surface area contributed by atoms with E-state index in [1.165, 1.54) is 17.7 Å². The molecule has 0 bridgehead atoms. The zero-order chi connectivity index (χ0) is 22.7. The van der Waals surface area contributed by atoms with E-state index in [-0.39, 0.29) is 10.5 Å². The van der Waals surface area contributed by atoms with Crippen molar-refractivity contribution in [2.24, 2.45) is 5.92 Å². The maximum atomic E-state index is 12.7. The zero-order valence-electron chi connectivity index (χ0n) is 17.6. The Balaban J connectivity index is 1.40. The Labute approximate surface area is 187 Å². The lowest BCUT2D eigenvalue weighted by Crippen LogP contribution is -2.39. The van der Waals surface area contributed by atoms with E-state index in [0.29, 0.717) is 5.69 Å². The number of hydrogen-bond donors (Lipinski definition) is 1. The van der Waals surface area contributed by atoms with E-state index in [1.54, 1.807) is 31.4 Å². The molecule has 0 radical (unpaired) electrons. The number of rotatable bonds is 6. The highest BCUT2D eigenvalue weighted by molar-refractivity contribution is 7.91. The van der Waals surface area contributed by atoms with Crippen molar-refractivity contribution >= 4 is 27.2 Å². The van der Waals surface area contributed by atoms with Crippen LogP contribution in [0.3, 0.4) is 0 Å². The Morgan fingerprint density at radius 2 is 1.53 bits per heavy atom. The molecular formula is C25H23NO5S. The number of benzene rings is 3. The first-order valence-corrected chi connectivity index (χ1v) is 11.9. The molecule has 7 heteroatoms. The SMILES string of the molecule is COc1ccc(CCc2ccc(NC(=O)C3CS(=O)(=O)c4ccccc4C3=O)cc2)cc1. The number of aryl methyl sites for hydroxylation is 2. The minimum absolute atomic E-state index is 0.00439. The Morgan fingerprint density at radius 1 is 0.938 bits per heavy atom. The Bertz CT molecular complexity index is 1250. The molecule has 3 aromatic carbocycles. The average Bonchev–Trinajstić information content (AvgIpc) is 2.81. The summed E-state index contributed by atoms with van der Waals surface area (Å²) in [5.74, 6) is -2.04. The van der Waals surface area contributed by atoms with E-state index in [1.807, 2.05) is 36.4 Å². The maximum absolute atomic E-state index is 12.7. The molecule has 1 aliphatic rings. The third-order valence-electron chi connectivity index (χ3n) is 5.59. The number of fused-ring (bicyclic) bond motifs is 1. The molecule has 0 spiro atoms. The molecule has 32 heavy (non-hydrogen) atoms. The van der Waals surface area contributed by atoms with E-state index in [9.17, 15) is 18.0 Å². The second-order valence-corrected chi connectivity index (χ2v) is 9.73. The predicted octanol–water partition coefficient (Wildman–Crippen LogP) is 3.71. The monoisotopic (exact) mass is 449 g/mol. The van der Waals surface area contributed by atoms with Crippen LogP contribution >= 0.6 is 0 Å². The summed E-state index contributed by atoms with van der Waals surface area (Å²) in [6, 6.07) is 21.3. The van der Waals surface area contributed by atoms with E-state index < -0.39 is 33.2 Å². The number of anilines is 1. The Hall–Kier alpha value is -3.45. The normalized spacial score (nSPS) is 16.8. The van der Waals surface area contributed by atoms with Gasteiger partial charge in [0.25, 0.3) is 0 Å². The van der Waals surface area contributed by atoms with Crippen molar-refractivity contribution in [3.63, 3.8) is 0 Å². The number of Topliss-reactive ketones (excluding diaryl/α,β-unsaturated/α-hetero) is 1. The molecule has 0 saturated carbocycles. The van der Waals surface area contributed by atoms with Gasteiger partial charge in [-0.2, -0.15) is 0 Å². The molecule has 4 rings (SSSR count). The number of carbonyl (C=O) groups excluding carboxylic acids is 2. The van der Waals surface area contributed by atoms with Gasteiger partial charge in [-0.05, 0) is 54.3 Å². The highest BCUT2D eigenvalue weighted by Gasteiger charge is 2.40. The van der Waals surface area contributed by atoms with E-state index >= 15 is 0 Å². The molecule has 1 atom stereocenters. The van der Waals surface area contributed by atoms with Gasteiger partial charge in [-0.3, -0.25) is 9.59 Å². The van der Waals surface area contributed by atoms with Crippen LogP contribution in [0.4, 0.5) is 5.69 Å². The van der Waals surface area contributed by atoms with E-state index in [4.69, 9.17) is 4.74 Å². The van der Waals surface area contributed by atoms with Crippen molar-refractivity contribution in [2.45, 2.75) is 17.7 Å². The van der Waals surface area contributed by atoms with Gasteiger partial charge in [-0.15, -0.1) is 0 Å². The van der Waals surface area contributed by atoms with Gasteiger partial charge < -0.3 is 10.1 Å². The van der Waals surface area contributed by atoms with Crippen LogP contribution in [0.15, 0.2) is 77.7 Å². The Morgan fingerprint density at radius 3 is 2.16 bits per heavy atom. The van der Waals surface area contributed by atoms with Crippen molar-refractivity contribution < 1.29 is 22.7 Å². The molecular weight excluding hydrogens is 426 g/mol. The summed E-state index contributed by atoms with van der Waals surface area (Å²) in [7, 11) is -2.06. The third kappa shape index (κ3) is 4.57. The lowest BCUT2D eigenvalue weighted by Gasteiger charge is -2.22. The van der Waals surface area contributed by atoms with Crippen LogP contribution in [-0.2, 0) is 27.5 Å². The molecule has 1 N–H and O–H groups in total. The molecule has 3 aromatic rings. The van der Waals surface area contributed by atoms with Crippen molar-refractivity contribution in [1.29, 1.82) is 0 Å². The number of ether oxygens (including phenoxy) is 1. The molecule has 0 aliphatic carbocycles. The number of nitrogens with one attached hydrogen (secondary N) is 1. The summed E-state index contributed by atoms with van der Waals surface area (Å²) >= 11 is 0. The van der Waals surface area contributed by atoms with Crippen molar-refractivity contribution in [2.75, 3.05) is 18.2 Å². The molecule has 1 aliphatic heterocycles. The number of sulfone groups is 1. The largest absolute Gasteiger partial charge is 0.497 e. The lowest BCUT2D eigenvalue weighted by atomic mass is 9.97. The quantitative estimate of drug-likeness (QED) is 0.580. The van der Waals surface area contributed by atoms with Crippen molar-refractivity contribution in [3.8, 4) is 5.75 Å². The maximum Gasteiger partial charge on any atom is 0.236 e. The predicted molar refractivity (Wildman–Crippen MR) is 122 cm³/mol. The van der Waals surface area contributed by atoms with Crippen LogP contribution in [0.25, 0.3) is 0 Å². The first-order chi connectivity index (χ1) is 15.4. The topological polar surface area (TPSA) is 89.5 Å². The van der Waals surface area contributed by atoms with Crippen LogP contribution in [0, 0.1) is 5.92 Å². The number of hydrogen-bond acceptors (Lipinski definition) is 5. The average molecular weight is 450 g/mol. The fourth-order valence-electron chi connectivity index (χ4n) is 3.77. The van der Waals surface area contributed by atoms with Gasteiger partial charge in [0, 0.05) is 11.3 Å². The number of amides is 1. The van der Waals surface area contributed by atoms with Crippen molar-refractivity contribution in [3.05, 3.63) is 89.5 Å². The van der Waals surface area contributed by atoms with E-state index in [2.05, 4.69) is 5.32 Å². The molecule has 164 valence electrons. The van der Waals surface area contributed by atoms with Gasteiger partial charge in [0.2, 0.25) is 5.91 Å². The second-order valence-electron chi connectivity index (χ2n) is 7.73. The van der Waals surface area contributed by atoms with Gasteiger partial charge in [0.15, 0.2) is 15.6 Å². The number of ketones is 1. The first kappa shape index (κ1) is 21.8. The summed E-state index contributed by atoms with van der Waals surface area (Å²) in [5.41, 5.74) is 2.89. The van der Waals surface area contributed by atoms with Crippen LogP contribution < -0.4 is 10.1 Å². The van der Waals surface area contributed by atoms with Crippen LogP contribution in [0.2, 0.25) is 0 Å². The molecule has 1 unspecified atom stereocenters. The molecule has 0 aromatic heterocycles. The van der Waals surface area contributed by atoms with Crippen LogP contribution in [0.1, 0.15) is 21.5 Å². The smallest absolute Gasteiger partial charge is 0.236 e. The van der Waals surface area contributed by atoms with Gasteiger partial charge in [-0.25, -0.2) is 8.42 Å². The van der Waals surface area contributed by atoms with Crippen molar-refractivity contribution in [1.82, 2.24) is 0 Å². The van der Waals surface area contributed by atoms with Gasteiger partial charge in [0.1, 0.15) is 11.7 Å². The number of carbonyl (C=O) groups is 2. The minimum atomic E-state index is -3.70. The summed E-state index contributed by atoms with van der Waals surface area (Å²) in [6.07, 6.45) is 1.69. The molecule has 0 saturated heterocycles. The first-order valence-electron chi connectivity index (χ1n) is 10.3. The minimum Gasteiger partial charge on any atom is -0.497 e. The second kappa shape index (κ2) is 8.96. The lowest BCUT2D eigenvalue weighted by molar-refractivity contribution is -0.118. The molecule has 0 fully saturated rings. The Kier molecular flexibility index (Phi) is 6.10. The summed E-state index contributed by atoms with van der Waals surface area (Å²) < 4.78 is 30.2. The summed E-state index contributed by atoms with van der Waals surface area (Å²) in [6.45, 7) is 0. The van der Waals surface area contributed by atoms with Gasteiger partial charge in [0.05, 0.1) is 17.8 Å². The standard InChI is InChI=1S/C25H23NO5S/c1-31-20-14-10-18(11-15-20)7-6-17-8-12-19(13-9-17)26-25(28)22-16-32(29,30)23-5-3-2-4-21(23)24(22)27/h2-5,8-15,22H,6-7,16H2,1H3,(H,26,28). The van der Waals surface area contributed by atoms with Gasteiger partial charge >= 0.3 is 0 Å². The molecule has 1 heterocycles. The van der Waals surface area contributed by atoms with Crippen LogP contribution in [0.5, 0.6) is 5.75 Å². The highest BCUT2D eigenvalue weighted by Crippen LogP contribution is 2.29. The fraction of sp³-hybridized carbons (Fsp3) is 0.200. The van der Waals surface area contributed by atoms with Crippen LogP contribution in [-0.4, -0.2) is 33.0 Å².